The first kappa shape index (κ1) is 26.2. The number of halogens is 2. The van der Waals surface area contributed by atoms with Gasteiger partial charge in [0.05, 0.1) is 46.6 Å². The molecule has 3 aromatic rings. The molecule has 4 rings (SSSR count). The minimum Gasteiger partial charge on any atom is -0.495 e. The normalized spacial score (nSPS) is 15.4. The highest BCUT2D eigenvalue weighted by Gasteiger charge is 2.33. The predicted molar refractivity (Wildman–Crippen MR) is 144 cm³/mol. The molecule has 1 atom stereocenters. The lowest BCUT2D eigenvalue weighted by Gasteiger charge is -2.24. The summed E-state index contributed by atoms with van der Waals surface area (Å²) in [7, 11) is 1.55. The standard InChI is InChI=1S/C26H24BrClN2O5S/c1-5-34-18-9-7-15(8-10-18)22-21(25(32)35-6-2)14(3)29-26-30(22)24(31)20(36-26)12-16-11-17(28)13-19(27)23(16)33-4/h7-13,22H,5-6H2,1-4H3/b20-12-/t22-/m0/s1. The van der Waals surface area contributed by atoms with Crippen molar-refractivity contribution < 1.29 is 19.0 Å². The summed E-state index contributed by atoms with van der Waals surface area (Å²) in [6.45, 7) is 6.14. The fraction of sp³-hybridized carbons (Fsp3) is 0.269. The number of carbonyl (C=O) groups is 1. The third-order valence-corrected chi connectivity index (χ3v) is 7.34. The van der Waals surface area contributed by atoms with Gasteiger partial charge in [0.2, 0.25) is 0 Å². The molecule has 0 amide bonds. The molecule has 0 saturated carbocycles. The van der Waals surface area contributed by atoms with Gasteiger partial charge in [-0.2, -0.15) is 0 Å². The van der Waals surface area contributed by atoms with Crippen LogP contribution in [0.1, 0.15) is 37.9 Å². The number of aromatic nitrogens is 1. The number of benzene rings is 2. The average molecular weight is 592 g/mol. The lowest BCUT2D eigenvalue weighted by atomic mass is 9.96. The van der Waals surface area contributed by atoms with Crippen LogP contribution < -0.4 is 24.4 Å². The topological polar surface area (TPSA) is 79.1 Å². The molecule has 0 radical (unpaired) electrons. The van der Waals surface area contributed by atoms with Crippen molar-refractivity contribution >= 4 is 50.9 Å². The number of allylic oxidation sites excluding steroid dienone is 1. The lowest BCUT2D eigenvalue weighted by molar-refractivity contribution is -0.139. The first-order valence-corrected chi connectivity index (χ1v) is 13.2. The van der Waals surface area contributed by atoms with Gasteiger partial charge in [0, 0.05) is 10.6 Å². The maximum absolute atomic E-state index is 13.8. The first-order valence-electron chi connectivity index (χ1n) is 11.2. The minimum atomic E-state index is -0.703. The van der Waals surface area contributed by atoms with Crippen molar-refractivity contribution in [1.29, 1.82) is 0 Å². The quantitative estimate of drug-likeness (QED) is 0.375. The summed E-state index contributed by atoms with van der Waals surface area (Å²) in [6, 6.07) is 10.1. The van der Waals surface area contributed by atoms with E-state index in [1.54, 1.807) is 39.2 Å². The summed E-state index contributed by atoms with van der Waals surface area (Å²) in [6.07, 6.45) is 1.72. The molecule has 2 aromatic carbocycles. The van der Waals surface area contributed by atoms with Crippen LogP contribution in [0.4, 0.5) is 0 Å². The zero-order valence-electron chi connectivity index (χ0n) is 20.1. The van der Waals surface area contributed by atoms with Gasteiger partial charge in [-0.1, -0.05) is 35.1 Å². The number of methoxy groups -OCH3 is 1. The smallest absolute Gasteiger partial charge is 0.338 e. The molecule has 7 nitrogen and oxygen atoms in total. The van der Waals surface area contributed by atoms with E-state index in [1.165, 1.54) is 15.9 Å². The van der Waals surface area contributed by atoms with E-state index in [1.807, 2.05) is 31.2 Å². The van der Waals surface area contributed by atoms with E-state index in [2.05, 4.69) is 20.9 Å². The number of hydrogen-bond acceptors (Lipinski definition) is 7. The Labute approximate surface area is 225 Å². The zero-order valence-corrected chi connectivity index (χ0v) is 23.3. The summed E-state index contributed by atoms with van der Waals surface area (Å²) >= 11 is 10.9. The molecule has 0 bridgehead atoms. The minimum absolute atomic E-state index is 0.208. The van der Waals surface area contributed by atoms with Crippen molar-refractivity contribution in [2.24, 2.45) is 4.99 Å². The number of carbonyl (C=O) groups excluding carboxylic acids is 1. The summed E-state index contributed by atoms with van der Waals surface area (Å²) < 4.78 is 19.1. The van der Waals surface area contributed by atoms with Crippen molar-refractivity contribution in [3.63, 3.8) is 0 Å². The van der Waals surface area contributed by atoms with Gasteiger partial charge in [-0.25, -0.2) is 9.79 Å². The van der Waals surface area contributed by atoms with E-state index in [-0.39, 0.29) is 12.2 Å². The summed E-state index contributed by atoms with van der Waals surface area (Å²) in [5.74, 6) is 0.745. The van der Waals surface area contributed by atoms with Crippen molar-refractivity contribution in [3.8, 4) is 11.5 Å². The molecule has 0 fully saturated rings. The number of nitrogens with zero attached hydrogens (tertiary/aromatic N) is 2. The van der Waals surface area contributed by atoms with Crippen LogP contribution in [-0.4, -0.2) is 30.9 Å². The fourth-order valence-corrected chi connectivity index (χ4v) is 6.10. The van der Waals surface area contributed by atoms with Gasteiger partial charge < -0.3 is 14.2 Å². The SMILES string of the molecule is CCOC(=O)C1=C(C)N=c2s/c(=C\c3cc(Cl)cc(Br)c3OC)c(=O)n2[C@H]1c1ccc(OCC)cc1. The largest absolute Gasteiger partial charge is 0.495 e. The lowest BCUT2D eigenvalue weighted by Crippen LogP contribution is -2.39. The highest BCUT2D eigenvalue weighted by Crippen LogP contribution is 2.34. The Morgan fingerprint density at radius 2 is 1.94 bits per heavy atom. The Morgan fingerprint density at radius 1 is 1.22 bits per heavy atom. The average Bonchev–Trinajstić information content (AvgIpc) is 3.13. The second-order valence-electron chi connectivity index (χ2n) is 7.81. The van der Waals surface area contributed by atoms with Crippen molar-refractivity contribution in [1.82, 2.24) is 4.57 Å². The molecule has 1 aliphatic heterocycles. The molecule has 0 aliphatic carbocycles. The molecule has 0 saturated heterocycles. The molecular weight excluding hydrogens is 568 g/mol. The van der Waals surface area contributed by atoms with Crippen molar-refractivity contribution in [3.05, 3.63) is 88.0 Å². The van der Waals surface area contributed by atoms with Gasteiger partial charge in [-0.3, -0.25) is 9.36 Å². The summed E-state index contributed by atoms with van der Waals surface area (Å²) in [5, 5.41) is 0.495. The molecule has 2 heterocycles. The highest BCUT2D eigenvalue weighted by atomic mass is 79.9. The van der Waals surface area contributed by atoms with E-state index in [4.69, 9.17) is 25.8 Å². The second kappa shape index (κ2) is 11.0. The van der Waals surface area contributed by atoms with E-state index in [0.29, 0.717) is 53.8 Å². The molecule has 36 heavy (non-hydrogen) atoms. The van der Waals surface area contributed by atoms with Gasteiger partial charge >= 0.3 is 5.97 Å². The first-order chi connectivity index (χ1) is 17.3. The van der Waals surface area contributed by atoms with Crippen LogP contribution in [-0.2, 0) is 9.53 Å². The highest BCUT2D eigenvalue weighted by molar-refractivity contribution is 9.10. The van der Waals surface area contributed by atoms with E-state index in [0.717, 1.165) is 5.56 Å². The molecular formula is C26H24BrClN2O5S. The molecule has 0 spiro atoms. The molecule has 1 aromatic heterocycles. The van der Waals surface area contributed by atoms with Crippen LogP contribution in [0.3, 0.4) is 0 Å². The molecule has 0 N–H and O–H groups in total. The number of hydrogen-bond donors (Lipinski definition) is 0. The Bertz CT molecular complexity index is 1530. The molecule has 188 valence electrons. The predicted octanol–water partition coefficient (Wildman–Crippen LogP) is 4.62. The molecule has 10 heteroatoms. The van der Waals surface area contributed by atoms with E-state index in [9.17, 15) is 9.59 Å². The summed E-state index contributed by atoms with van der Waals surface area (Å²) in [4.78, 5) is 31.9. The van der Waals surface area contributed by atoms with Crippen LogP contribution in [0.5, 0.6) is 11.5 Å². The van der Waals surface area contributed by atoms with Crippen LogP contribution in [0.2, 0.25) is 5.02 Å². The number of esters is 1. The number of thiazole rings is 1. The van der Waals surface area contributed by atoms with Gasteiger partial charge in [0.25, 0.3) is 5.56 Å². The van der Waals surface area contributed by atoms with E-state index >= 15 is 0 Å². The van der Waals surface area contributed by atoms with Crippen LogP contribution >= 0.6 is 38.9 Å². The Morgan fingerprint density at radius 3 is 2.58 bits per heavy atom. The van der Waals surface area contributed by atoms with Crippen molar-refractivity contribution in [2.45, 2.75) is 26.8 Å². The maximum Gasteiger partial charge on any atom is 0.338 e. The molecule has 1 aliphatic rings. The zero-order chi connectivity index (χ0) is 26.0. The monoisotopic (exact) mass is 590 g/mol. The number of ether oxygens (including phenoxy) is 3. The third-order valence-electron chi connectivity index (χ3n) is 5.55. The third kappa shape index (κ3) is 5.00. The van der Waals surface area contributed by atoms with Crippen LogP contribution in [0.25, 0.3) is 6.08 Å². The molecule has 0 unspecified atom stereocenters. The van der Waals surface area contributed by atoms with Crippen LogP contribution in [0, 0.1) is 0 Å². The second-order valence-corrected chi connectivity index (χ2v) is 10.1. The van der Waals surface area contributed by atoms with Gasteiger partial charge in [0.1, 0.15) is 11.5 Å². The number of fused-ring (bicyclic) bond motifs is 1. The Balaban J connectivity index is 1.95. The number of rotatable bonds is 7. The fourth-order valence-electron chi connectivity index (χ4n) is 4.06. The Kier molecular flexibility index (Phi) is 8.02. The maximum atomic E-state index is 13.8. The van der Waals surface area contributed by atoms with Gasteiger partial charge in [-0.15, -0.1) is 0 Å². The van der Waals surface area contributed by atoms with Gasteiger partial charge in [0.15, 0.2) is 4.80 Å². The van der Waals surface area contributed by atoms with Crippen LogP contribution in [0.15, 0.2) is 61.9 Å². The van der Waals surface area contributed by atoms with E-state index < -0.39 is 12.0 Å². The summed E-state index contributed by atoms with van der Waals surface area (Å²) in [5.41, 5.74) is 1.92. The Hall–Kier alpha value is -2.88. The van der Waals surface area contributed by atoms with Crippen molar-refractivity contribution in [2.75, 3.05) is 20.3 Å². The van der Waals surface area contributed by atoms with Gasteiger partial charge in [-0.05, 0) is 72.6 Å².